The third-order valence-corrected chi connectivity index (χ3v) is 4.89. The number of carbonyl (C=O) groups is 2. The van der Waals surface area contributed by atoms with E-state index in [0.717, 1.165) is 22.4 Å². The highest BCUT2D eigenvalue weighted by Crippen LogP contribution is 2.34. The molecule has 2 heterocycles. The molecule has 2 rings (SSSR count). The van der Waals surface area contributed by atoms with E-state index in [4.69, 9.17) is 12.2 Å². The maximum atomic E-state index is 12.4. The van der Waals surface area contributed by atoms with Gasteiger partial charge in [-0.05, 0) is 36.6 Å². The molecular formula is C13H13N2O3S3-. The van der Waals surface area contributed by atoms with E-state index in [1.807, 2.05) is 18.4 Å². The van der Waals surface area contributed by atoms with E-state index < -0.39 is 12.0 Å². The standard InChI is InChI=1S/C13H14N2O3S3/c1-20-6-4-9(12(17)18)15-11(16)10(21-13(15)19)7-8-3-2-5-14-8/h2-3,5,7,9,14H,4,6H2,1H3,(H,17,18)/p-1/b10-7-/t9-/m0/s1. The molecule has 1 aromatic rings. The molecule has 1 N–H and O–H groups in total. The molecule has 112 valence electrons. The summed E-state index contributed by atoms with van der Waals surface area (Å²) in [5, 5.41) is 11.3. The van der Waals surface area contributed by atoms with Gasteiger partial charge in [0.05, 0.1) is 16.9 Å². The molecule has 0 bridgehead atoms. The van der Waals surface area contributed by atoms with Crippen molar-refractivity contribution in [1.29, 1.82) is 0 Å². The van der Waals surface area contributed by atoms with Gasteiger partial charge in [-0.3, -0.25) is 9.69 Å². The Balaban J connectivity index is 2.22. The molecule has 0 aromatic carbocycles. The maximum Gasteiger partial charge on any atom is 0.266 e. The lowest BCUT2D eigenvalue weighted by Crippen LogP contribution is -2.50. The topological polar surface area (TPSA) is 76.2 Å². The zero-order valence-corrected chi connectivity index (χ0v) is 13.6. The van der Waals surface area contributed by atoms with Gasteiger partial charge in [0.2, 0.25) is 0 Å². The van der Waals surface area contributed by atoms with Crippen molar-refractivity contribution in [3.05, 3.63) is 28.9 Å². The predicted octanol–water partition coefficient (Wildman–Crippen LogP) is 1.09. The largest absolute Gasteiger partial charge is 0.548 e. The average Bonchev–Trinajstić information content (AvgIpc) is 3.02. The van der Waals surface area contributed by atoms with Crippen LogP contribution in [0.25, 0.3) is 6.08 Å². The number of nitrogens with zero attached hydrogens (tertiary/aromatic N) is 1. The Morgan fingerprint density at radius 2 is 2.43 bits per heavy atom. The van der Waals surface area contributed by atoms with Crippen LogP contribution in [0.5, 0.6) is 0 Å². The van der Waals surface area contributed by atoms with Gasteiger partial charge in [0, 0.05) is 11.9 Å². The van der Waals surface area contributed by atoms with Crippen LogP contribution in [0.15, 0.2) is 23.2 Å². The van der Waals surface area contributed by atoms with Gasteiger partial charge in [-0.1, -0.05) is 24.0 Å². The molecule has 8 heteroatoms. The first-order valence-corrected chi connectivity index (χ1v) is 8.76. The third kappa shape index (κ3) is 3.69. The van der Waals surface area contributed by atoms with Gasteiger partial charge in [-0.2, -0.15) is 11.8 Å². The van der Waals surface area contributed by atoms with Crippen LogP contribution in [0.2, 0.25) is 0 Å². The first kappa shape index (κ1) is 16.1. The van der Waals surface area contributed by atoms with Crippen LogP contribution in [0.1, 0.15) is 12.1 Å². The summed E-state index contributed by atoms with van der Waals surface area (Å²) in [6, 6.07) is 2.62. The number of nitrogens with one attached hydrogen (secondary N) is 1. The van der Waals surface area contributed by atoms with Crippen molar-refractivity contribution in [1.82, 2.24) is 9.88 Å². The first-order chi connectivity index (χ1) is 10.0. The van der Waals surface area contributed by atoms with Crippen molar-refractivity contribution in [3.8, 4) is 0 Å². The number of H-pyrrole nitrogens is 1. The van der Waals surface area contributed by atoms with Crippen molar-refractivity contribution < 1.29 is 14.7 Å². The minimum atomic E-state index is -1.28. The summed E-state index contributed by atoms with van der Waals surface area (Å²) in [4.78, 5) is 28.2. The van der Waals surface area contributed by atoms with E-state index in [1.54, 1.807) is 12.3 Å². The second-order valence-corrected chi connectivity index (χ2v) is 6.95. The number of rotatable bonds is 6. The second-order valence-electron chi connectivity index (χ2n) is 4.29. The lowest BCUT2D eigenvalue weighted by molar-refractivity contribution is -0.310. The van der Waals surface area contributed by atoms with E-state index in [9.17, 15) is 14.7 Å². The van der Waals surface area contributed by atoms with Gasteiger partial charge >= 0.3 is 0 Å². The monoisotopic (exact) mass is 341 g/mol. The molecule has 1 aromatic heterocycles. The summed E-state index contributed by atoms with van der Waals surface area (Å²) in [6.07, 6.45) is 5.60. The first-order valence-electron chi connectivity index (χ1n) is 6.15. The van der Waals surface area contributed by atoms with Gasteiger partial charge in [-0.15, -0.1) is 0 Å². The second kappa shape index (κ2) is 7.15. The number of carbonyl (C=O) groups excluding carboxylic acids is 2. The number of amides is 1. The normalized spacial score (nSPS) is 18.5. The Bertz CT molecular complexity index is 583. The zero-order chi connectivity index (χ0) is 15.4. The molecule has 5 nitrogen and oxygen atoms in total. The molecule has 0 aliphatic carbocycles. The smallest absolute Gasteiger partial charge is 0.266 e. The number of thioether (sulfide) groups is 2. The molecule has 21 heavy (non-hydrogen) atoms. The molecule has 1 saturated heterocycles. The number of aromatic nitrogens is 1. The summed E-state index contributed by atoms with van der Waals surface area (Å²) in [7, 11) is 0. The fourth-order valence-electron chi connectivity index (χ4n) is 1.91. The fourth-order valence-corrected chi connectivity index (χ4v) is 3.71. The molecule has 0 radical (unpaired) electrons. The van der Waals surface area contributed by atoms with Crippen LogP contribution in [-0.2, 0) is 9.59 Å². The van der Waals surface area contributed by atoms with Gasteiger partial charge in [0.15, 0.2) is 0 Å². The molecule has 1 atom stereocenters. The highest BCUT2D eigenvalue weighted by atomic mass is 32.2. The molecule has 0 spiro atoms. The minimum absolute atomic E-state index is 0.258. The number of carboxylic acids is 1. The summed E-state index contributed by atoms with van der Waals surface area (Å²) in [5.74, 6) is -1.04. The number of aliphatic carboxylic acids is 1. The summed E-state index contributed by atoms with van der Waals surface area (Å²) in [6.45, 7) is 0. The van der Waals surface area contributed by atoms with Crippen LogP contribution >= 0.6 is 35.7 Å². The SMILES string of the molecule is CSCC[C@@H](C(=O)[O-])N1C(=O)/C(=C/c2ccc[nH]2)SC1=S. The quantitative estimate of drug-likeness (QED) is 0.616. The highest BCUT2D eigenvalue weighted by molar-refractivity contribution is 8.26. The van der Waals surface area contributed by atoms with E-state index >= 15 is 0 Å². The van der Waals surface area contributed by atoms with Crippen LogP contribution in [0.4, 0.5) is 0 Å². The molecule has 0 saturated carbocycles. The fraction of sp³-hybridized carbons (Fsp3) is 0.308. The molecule has 1 amide bonds. The molecule has 1 aliphatic rings. The van der Waals surface area contributed by atoms with Gasteiger partial charge < -0.3 is 14.9 Å². The Labute approximate surface area is 136 Å². The Morgan fingerprint density at radius 3 is 3.00 bits per heavy atom. The number of carboxylic acid groups (broad SMARTS) is 1. The van der Waals surface area contributed by atoms with E-state index in [-0.39, 0.29) is 10.2 Å². The summed E-state index contributed by atoms with van der Waals surface area (Å²) >= 11 is 7.78. The zero-order valence-electron chi connectivity index (χ0n) is 11.2. The van der Waals surface area contributed by atoms with E-state index in [2.05, 4.69) is 4.98 Å². The molecule has 1 fully saturated rings. The van der Waals surface area contributed by atoms with Crippen molar-refractivity contribution in [2.24, 2.45) is 0 Å². The minimum Gasteiger partial charge on any atom is -0.548 e. The number of aromatic amines is 1. The van der Waals surface area contributed by atoms with Crippen LogP contribution in [0.3, 0.4) is 0 Å². The number of hydrogen-bond acceptors (Lipinski definition) is 6. The van der Waals surface area contributed by atoms with Crippen molar-refractivity contribution in [3.63, 3.8) is 0 Å². The number of thiocarbonyl (C=S) groups is 1. The summed E-state index contributed by atoms with van der Waals surface area (Å²) < 4.78 is 0.258. The lowest BCUT2D eigenvalue weighted by atomic mass is 10.2. The van der Waals surface area contributed by atoms with Gasteiger partial charge in [0.25, 0.3) is 5.91 Å². The summed E-state index contributed by atoms with van der Waals surface area (Å²) in [5.41, 5.74) is 0.768. The average molecular weight is 341 g/mol. The Morgan fingerprint density at radius 1 is 1.67 bits per heavy atom. The predicted molar refractivity (Wildman–Crippen MR) is 87.6 cm³/mol. The Kier molecular flexibility index (Phi) is 5.49. The van der Waals surface area contributed by atoms with Gasteiger partial charge in [0.1, 0.15) is 4.32 Å². The van der Waals surface area contributed by atoms with Crippen LogP contribution in [0, 0.1) is 0 Å². The molecule has 0 unspecified atom stereocenters. The van der Waals surface area contributed by atoms with Crippen LogP contribution in [-0.4, -0.2) is 44.1 Å². The highest BCUT2D eigenvalue weighted by Gasteiger charge is 2.37. The number of hydrogen-bond donors (Lipinski definition) is 1. The lowest BCUT2D eigenvalue weighted by Gasteiger charge is -2.27. The van der Waals surface area contributed by atoms with Crippen LogP contribution < -0.4 is 5.11 Å². The van der Waals surface area contributed by atoms with Crippen molar-refractivity contribution in [2.75, 3.05) is 12.0 Å². The third-order valence-electron chi connectivity index (χ3n) is 2.91. The van der Waals surface area contributed by atoms with E-state index in [1.165, 1.54) is 11.8 Å². The maximum absolute atomic E-state index is 12.4. The molecule has 1 aliphatic heterocycles. The molecular weight excluding hydrogens is 328 g/mol. The van der Waals surface area contributed by atoms with Crippen molar-refractivity contribution in [2.45, 2.75) is 12.5 Å². The van der Waals surface area contributed by atoms with Gasteiger partial charge in [-0.25, -0.2) is 0 Å². The van der Waals surface area contributed by atoms with E-state index in [0.29, 0.717) is 17.1 Å². The Hall–Kier alpha value is -1.25. The van der Waals surface area contributed by atoms with Crippen molar-refractivity contribution >= 4 is 58.0 Å².